The van der Waals surface area contributed by atoms with E-state index in [2.05, 4.69) is 25.7 Å². The lowest BCUT2D eigenvalue weighted by Gasteiger charge is -2.06. The zero-order valence-electron chi connectivity index (χ0n) is 11.4. The van der Waals surface area contributed by atoms with Crippen LogP contribution < -0.4 is 5.32 Å². The van der Waals surface area contributed by atoms with E-state index in [-0.39, 0.29) is 5.91 Å². The van der Waals surface area contributed by atoms with E-state index in [9.17, 15) is 4.79 Å². The molecule has 2 N–H and O–H groups in total. The number of anilines is 1. The Labute approximate surface area is 125 Å². The van der Waals surface area contributed by atoms with Gasteiger partial charge < -0.3 is 5.32 Å². The zero-order valence-corrected chi connectivity index (χ0v) is 11.4. The van der Waals surface area contributed by atoms with Gasteiger partial charge in [-0.15, -0.1) is 0 Å². The van der Waals surface area contributed by atoms with Crippen LogP contribution in [-0.2, 0) is 0 Å². The monoisotopic (exact) mass is 289 g/mol. The molecule has 0 aliphatic rings. The van der Waals surface area contributed by atoms with E-state index in [1.54, 1.807) is 24.4 Å². The first-order valence-corrected chi connectivity index (χ1v) is 6.76. The van der Waals surface area contributed by atoms with E-state index >= 15 is 0 Å². The van der Waals surface area contributed by atoms with Gasteiger partial charge in [0.25, 0.3) is 5.91 Å². The number of hydrogen-bond donors (Lipinski definition) is 2. The first kappa shape index (κ1) is 12.5. The van der Waals surface area contributed by atoms with Crippen molar-refractivity contribution in [3.05, 3.63) is 60.3 Å². The highest BCUT2D eigenvalue weighted by Gasteiger charge is 2.09. The fourth-order valence-corrected chi connectivity index (χ4v) is 2.34. The van der Waals surface area contributed by atoms with Crippen molar-refractivity contribution in [1.82, 2.24) is 20.4 Å². The van der Waals surface area contributed by atoms with Crippen molar-refractivity contribution in [2.24, 2.45) is 0 Å². The van der Waals surface area contributed by atoms with Gasteiger partial charge in [0.15, 0.2) is 0 Å². The molecular weight excluding hydrogens is 278 g/mol. The minimum absolute atomic E-state index is 0.187. The number of aromatic amines is 1. The number of hydrogen-bond acceptors (Lipinski definition) is 4. The molecule has 0 spiro atoms. The second-order valence-corrected chi connectivity index (χ2v) is 4.89. The largest absolute Gasteiger partial charge is 0.322 e. The standard InChI is InChI=1S/C16H11N5O/c22-16(11-3-5-14-15(9-11)20-21-19-14)18-12-4-6-13-10(8-12)2-1-7-17-13/h1-9H,(H,18,22)(H,19,20,21). The topological polar surface area (TPSA) is 83.6 Å². The van der Waals surface area contributed by atoms with Crippen LogP contribution in [0.25, 0.3) is 21.9 Å². The third-order valence-electron chi connectivity index (χ3n) is 3.44. The third-order valence-corrected chi connectivity index (χ3v) is 3.44. The van der Waals surface area contributed by atoms with Gasteiger partial charge in [0.05, 0.1) is 5.52 Å². The number of aromatic nitrogens is 4. The third kappa shape index (κ3) is 2.16. The molecular formula is C16H11N5O. The Morgan fingerprint density at radius 1 is 0.955 bits per heavy atom. The van der Waals surface area contributed by atoms with E-state index in [0.717, 1.165) is 22.1 Å². The summed E-state index contributed by atoms with van der Waals surface area (Å²) in [6.07, 6.45) is 1.74. The molecule has 0 unspecified atom stereocenters. The number of amides is 1. The van der Waals surface area contributed by atoms with Crippen molar-refractivity contribution in [2.75, 3.05) is 5.32 Å². The van der Waals surface area contributed by atoms with Crippen LogP contribution in [0.3, 0.4) is 0 Å². The molecule has 0 fully saturated rings. The van der Waals surface area contributed by atoms with E-state index < -0.39 is 0 Å². The number of fused-ring (bicyclic) bond motifs is 2. The minimum atomic E-state index is -0.187. The van der Waals surface area contributed by atoms with Gasteiger partial charge in [-0.2, -0.15) is 15.4 Å². The first-order chi connectivity index (χ1) is 10.8. The van der Waals surface area contributed by atoms with Gasteiger partial charge in [0.1, 0.15) is 11.0 Å². The van der Waals surface area contributed by atoms with Gasteiger partial charge in [-0.3, -0.25) is 9.78 Å². The maximum atomic E-state index is 12.3. The molecule has 6 nitrogen and oxygen atoms in total. The van der Waals surface area contributed by atoms with Crippen molar-refractivity contribution < 1.29 is 4.79 Å². The Hall–Kier alpha value is -3.28. The summed E-state index contributed by atoms with van der Waals surface area (Å²) in [4.78, 5) is 16.6. The molecule has 0 bridgehead atoms. The number of nitrogens with zero attached hydrogens (tertiary/aromatic N) is 3. The smallest absolute Gasteiger partial charge is 0.255 e. The second kappa shape index (κ2) is 4.92. The highest BCUT2D eigenvalue weighted by molar-refractivity contribution is 6.06. The number of nitrogens with one attached hydrogen (secondary N) is 2. The molecule has 0 atom stereocenters. The molecule has 0 saturated carbocycles. The average molecular weight is 289 g/mol. The molecule has 4 rings (SSSR count). The minimum Gasteiger partial charge on any atom is -0.322 e. The maximum Gasteiger partial charge on any atom is 0.255 e. The van der Waals surface area contributed by atoms with Crippen molar-refractivity contribution in [3.63, 3.8) is 0 Å². The predicted octanol–water partition coefficient (Wildman–Crippen LogP) is 2.76. The number of H-pyrrole nitrogens is 1. The van der Waals surface area contributed by atoms with Crippen molar-refractivity contribution in [3.8, 4) is 0 Å². The molecule has 106 valence electrons. The summed E-state index contributed by atoms with van der Waals surface area (Å²) in [6, 6.07) is 14.6. The van der Waals surface area contributed by atoms with Gasteiger partial charge in [-0.1, -0.05) is 6.07 Å². The number of pyridine rings is 1. The summed E-state index contributed by atoms with van der Waals surface area (Å²) < 4.78 is 0. The molecule has 0 radical (unpaired) electrons. The number of rotatable bonds is 2. The average Bonchev–Trinajstić information content (AvgIpc) is 3.02. The van der Waals surface area contributed by atoms with Gasteiger partial charge in [0.2, 0.25) is 0 Å². The van der Waals surface area contributed by atoms with Crippen LogP contribution >= 0.6 is 0 Å². The summed E-state index contributed by atoms with van der Waals surface area (Å²) in [5.41, 5.74) is 3.55. The molecule has 22 heavy (non-hydrogen) atoms. The molecule has 0 saturated heterocycles. The number of carbonyl (C=O) groups excluding carboxylic acids is 1. The first-order valence-electron chi connectivity index (χ1n) is 6.76. The summed E-state index contributed by atoms with van der Waals surface area (Å²) in [5.74, 6) is -0.187. The Morgan fingerprint density at radius 2 is 1.82 bits per heavy atom. The lowest BCUT2D eigenvalue weighted by molar-refractivity contribution is 0.102. The lowest BCUT2D eigenvalue weighted by Crippen LogP contribution is -2.11. The van der Waals surface area contributed by atoms with Gasteiger partial charge >= 0.3 is 0 Å². The maximum absolute atomic E-state index is 12.3. The van der Waals surface area contributed by atoms with Crippen LogP contribution in [0.2, 0.25) is 0 Å². The van der Waals surface area contributed by atoms with E-state index in [0.29, 0.717) is 11.1 Å². The molecule has 0 aliphatic heterocycles. The summed E-state index contributed by atoms with van der Waals surface area (Å²) in [7, 11) is 0. The fraction of sp³-hybridized carbons (Fsp3) is 0. The van der Waals surface area contributed by atoms with Crippen LogP contribution in [0.1, 0.15) is 10.4 Å². The van der Waals surface area contributed by atoms with E-state index in [4.69, 9.17) is 0 Å². The number of benzene rings is 2. The lowest BCUT2D eigenvalue weighted by atomic mass is 10.1. The van der Waals surface area contributed by atoms with E-state index in [1.165, 1.54) is 0 Å². The Balaban J connectivity index is 1.64. The Bertz CT molecular complexity index is 992. The van der Waals surface area contributed by atoms with Crippen LogP contribution in [0.4, 0.5) is 5.69 Å². The predicted molar refractivity (Wildman–Crippen MR) is 83.6 cm³/mol. The van der Waals surface area contributed by atoms with Crippen LogP contribution in [0.15, 0.2) is 54.7 Å². The van der Waals surface area contributed by atoms with Gasteiger partial charge in [-0.05, 0) is 42.5 Å². The Kier molecular flexibility index (Phi) is 2.79. The number of carbonyl (C=O) groups is 1. The van der Waals surface area contributed by atoms with Gasteiger partial charge in [0, 0.05) is 22.8 Å². The zero-order chi connectivity index (χ0) is 14.9. The van der Waals surface area contributed by atoms with Crippen molar-refractivity contribution in [2.45, 2.75) is 0 Å². The van der Waals surface area contributed by atoms with Crippen molar-refractivity contribution >= 4 is 33.5 Å². The molecule has 0 aliphatic carbocycles. The quantitative estimate of drug-likeness (QED) is 0.594. The van der Waals surface area contributed by atoms with Crippen LogP contribution in [0.5, 0.6) is 0 Å². The molecule has 2 aromatic heterocycles. The molecule has 2 aromatic carbocycles. The summed E-state index contributed by atoms with van der Waals surface area (Å²) in [5, 5.41) is 14.3. The molecule has 1 amide bonds. The fourth-order valence-electron chi connectivity index (χ4n) is 2.34. The molecule has 2 heterocycles. The summed E-state index contributed by atoms with van der Waals surface area (Å²) >= 11 is 0. The molecule has 6 heteroatoms. The second-order valence-electron chi connectivity index (χ2n) is 4.89. The highest BCUT2D eigenvalue weighted by Crippen LogP contribution is 2.18. The Morgan fingerprint density at radius 3 is 2.77 bits per heavy atom. The van der Waals surface area contributed by atoms with Gasteiger partial charge in [-0.25, -0.2) is 0 Å². The molecule has 4 aromatic rings. The normalized spacial score (nSPS) is 10.9. The highest BCUT2D eigenvalue weighted by atomic mass is 16.1. The van der Waals surface area contributed by atoms with Crippen LogP contribution in [-0.4, -0.2) is 26.3 Å². The SMILES string of the molecule is O=C(Nc1ccc2ncccc2c1)c1ccc2n[nH]nc2c1. The summed E-state index contributed by atoms with van der Waals surface area (Å²) in [6.45, 7) is 0. The van der Waals surface area contributed by atoms with E-state index in [1.807, 2.05) is 30.3 Å². The van der Waals surface area contributed by atoms with Crippen molar-refractivity contribution in [1.29, 1.82) is 0 Å². The van der Waals surface area contributed by atoms with Crippen LogP contribution in [0, 0.1) is 0 Å².